The zero-order valence-electron chi connectivity index (χ0n) is 16.8. The van der Waals surface area contributed by atoms with Crippen LogP contribution in [0.2, 0.25) is 0 Å². The Morgan fingerprint density at radius 2 is 1.77 bits per heavy atom. The van der Waals surface area contributed by atoms with E-state index in [-0.39, 0.29) is 12.5 Å². The summed E-state index contributed by atoms with van der Waals surface area (Å²) in [6.07, 6.45) is 2.77. The third-order valence-electron chi connectivity index (χ3n) is 5.51. The SMILES string of the molecule is CC1(c2ccccc2)NC(=O)N(CC(=O)NCCCn2ccc3ccccc32)C1=O. The van der Waals surface area contributed by atoms with Gasteiger partial charge in [0.1, 0.15) is 12.1 Å². The second-order valence-corrected chi connectivity index (χ2v) is 7.58. The fourth-order valence-electron chi connectivity index (χ4n) is 3.82. The Morgan fingerprint density at radius 3 is 2.57 bits per heavy atom. The van der Waals surface area contributed by atoms with Crippen molar-refractivity contribution in [3.05, 3.63) is 72.4 Å². The molecule has 30 heavy (non-hydrogen) atoms. The number of para-hydroxylation sites is 1. The van der Waals surface area contributed by atoms with Crippen LogP contribution in [0.25, 0.3) is 10.9 Å². The molecule has 7 nitrogen and oxygen atoms in total. The van der Waals surface area contributed by atoms with Gasteiger partial charge in [-0.2, -0.15) is 0 Å². The molecule has 1 atom stereocenters. The average molecular weight is 404 g/mol. The number of carbonyl (C=O) groups is 3. The van der Waals surface area contributed by atoms with Gasteiger partial charge in [0.05, 0.1) is 0 Å². The Kier molecular flexibility index (Phi) is 5.27. The summed E-state index contributed by atoms with van der Waals surface area (Å²) in [4.78, 5) is 38.5. The number of imide groups is 1. The Labute approximate surface area is 174 Å². The van der Waals surface area contributed by atoms with E-state index < -0.39 is 17.5 Å². The number of nitrogens with one attached hydrogen (secondary N) is 2. The third-order valence-corrected chi connectivity index (χ3v) is 5.51. The van der Waals surface area contributed by atoms with E-state index in [1.54, 1.807) is 19.1 Å². The molecule has 3 aromatic rings. The highest BCUT2D eigenvalue weighted by atomic mass is 16.2. The number of hydrogen-bond acceptors (Lipinski definition) is 3. The molecule has 0 spiro atoms. The molecule has 1 aromatic heterocycles. The number of urea groups is 1. The molecule has 2 N–H and O–H groups in total. The van der Waals surface area contributed by atoms with Gasteiger partial charge in [0, 0.05) is 24.8 Å². The molecule has 4 amide bonds. The maximum Gasteiger partial charge on any atom is 0.325 e. The second kappa shape index (κ2) is 8.02. The van der Waals surface area contributed by atoms with E-state index >= 15 is 0 Å². The van der Waals surface area contributed by atoms with Gasteiger partial charge in [-0.3, -0.25) is 14.5 Å². The second-order valence-electron chi connectivity index (χ2n) is 7.58. The Bertz CT molecular complexity index is 1090. The van der Waals surface area contributed by atoms with Gasteiger partial charge in [0.25, 0.3) is 5.91 Å². The number of rotatable bonds is 7. The average Bonchev–Trinajstić information content (AvgIpc) is 3.26. The van der Waals surface area contributed by atoms with E-state index in [2.05, 4.69) is 33.4 Å². The van der Waals surface area contributed by atoms with Crippen LogP contribution in [0.5, 0.6) is 0 Å². The first-order valence-electron chi connectivity index (χ1n) is 9.99. The Balaban J connectivity index is 1.30. The van der Waals surface area contributed by atoms with Crippen LogP contribution in [-0.2, 0) is 21.7 Å². The molecular formula is C23H24N4O3. The van der Waals surface area contributed by atoms with Crippen LogP contribution in [0, 0.1) is 0 Å². The number of nitrogens with zero attached hydrogens (tertiary/aromatic N) is 2. The van der Waals surface area contributed by atoms with E-state index in [0.29, 0.717) is 12.1 Å². The van der Waals surface area contributed by atoms with Crippen LogP contribution in [0.4, 0.5) is 4.79 Å². The lowest BCUT2D eigenvalue weighted by molar-refractivity contribution is -0.134. The molecule has 154 valence electrons. The van der Waals surface area contributed by atoms with E-state index in [9.17, 15) is 14.4 Å². The van der Waals surface area contributed by atoms with Crippen LogP contribution in [-0.4, -0.2) is 40.4 Å². The van der Waals surface area contributed by atoms with Crippen LogP contribution in [0.1, 0.15) is 18.9 Å². The topological polar surface area (TPSA) is 83.4 Å². The highest BCUT2D eigenvalue weighted by molar-refractivity contribution is 6.09. The highest BCUT2D eigenvalue weighted by Gasteiger charge is 2.49. The van der Waals surface area contributed by atoms with Crippen molar-refractivity contribution in [2.24, 2.45) is 0 Å². The van der Waals surface area contributed by atoms with Gasteiger partial charge in [-0.1, -0.05) is 48.5 Å². The molecule has 7 heteroatoms. The number of carbonyl (C=O) groups excluding carboxylic acids is 3. The number of fused-ring (bicyclic) bond motifs is 1. The summed E-state index contributed by atoms with van der Waals surface area (Å²) < 4.78 is 2.14. The minimum absolute atomic E-state index is 0.292. The first kappa shape index (κ1) is 19.7. The smallest absolute Gasteiger partial charge is 0.325 e. The van der Waals surface area contributed by atoms with Gasteiger partial charge in [-0.05, 0) is 36.4 Å². The van der Waals surface area contributed by atoms with Crippen molar-refractivity contribution in [2.75, 3.05) is 13.1 Å². The first-order valence-corrected chi connectivity index (χ1v) is 9.99. The summed E-state index contributed by atoms with van der Waals surface area (Å²) in [6.45, 7) is 2.59. The van der Waals surface area contributed by atoms with Gasteiger partial charge in [-0.15, -0.1) is 0 Å². The van der Waals surface area contributed by atoms with Gasteiger partial charge in [-0.25, -0.2) is 4.79 Å². The molecule has 2 aromatic carbocycles. The molecular weight excluding hydrogens is 380 g/mol. The highest BCUT2D eigenvalue weighted by Crippen LogP contribution is 2.28. The minimum atomic E-state index is -1.16. The predicted octanol–water partition coefficient (Wildman–Crippen LogP) is 2.61. The lowest BCUT2D eigenvalue weighted by Crippen LogP contribution is -2.43. The molecule has 1 fully saturated rings. The zero-order valence-corrected chi connectivity index (χ0v) is 16.8. The molecule has 4 rings (SSSR count). The number of aromatic nitrogens is 1. The summed E-state index contributed by atoms with van der Waals surface area (Å²) in [5.41, 5.74) is 0.683. The summed E-state index contributed by atoms with van der Waals surface area (Å²) in [6, 6.07) is 18.7. The van der Waals surface area contributed by atoms with E-state index in [1.807, 2.05) is 36.5 Å². The number of benzene rings is 2. The molecule has 1 aliphatic rings. The molecule has 2 heterocycles. The number of aryl methyl sites for hydroxylation is 1. The normalized spacial score (nSPS) is 18.6. The van der Waals surface area contributed by atoms with Gasteiger partial charge in [0.15, 0.2) is 0 Å². The maximum atomic E-state index is 12.8. The Morgan fingerprint density at radius 1 is 1.03 bits per heavy atom. The van der Waals surface area contributed by atoms with Crippen LogP contribution in [0.3, 0.4) is 0 Å². The largest absolute Gasteiger partial charge is 0.354 e. The number of hydrogen-bond donors (Lipinski definition) is 2. The summed E-state index contributed by atoms with van der Waals surface area (Å²) in [5.74, 6) is -0.777. The fraction of sp³-hybridized carbons (Fsp3) is 0.261. The van der Waals surface area contributed by atoms with Crippen molar-refractivity contribution >= 4 is 28.7 Å². The zero-order chi connectivity index (χ0) is 21.1. The molecule has 1 saturated heterocycles. The van der Waals surface area contributed by atoms with Crippen LogP contribution < -0.4 is 10.6 Å². The maximum absolute atomic E-state index is 12.8. The van der Waals surface area contributed by atoms with Crippen molar-refractivity contribution in [3.63, 3.8) is 0 Å². The fourth-order valence-corrected chi connectivity index (χ4v) is 3.82. The van der Waals surface area contributed by atoms with Crippen molar-refractivity contribution in [1.82, 2.24) is 20.1 Å². The summed E-state index contributed by atoms with van der Waals surface area (Å²) in [5, 5.41) is 6.69. The lowest BCUT2D eigenvalue weighted by Gasteiger charge is -2.22. The number of amides is 4. The monoisotopic (exact) mass is 404 g/mol. The van der Waals surface area contributed by atoms with Crippen molar-refractivity contribution in [3.8, 4) is 0 Å². The van der Waals surface area contributed by atoms with E-state index in [4.69, 9.17) is 0 Å². The molecule has 1 unspecified atom stereocenters. The van der Waals surface area contributed by atoms with Gasteiger partial charge >= 0.3 is 6.03 Å². The standard InChI is InChI=1S/C23H24N4O3/c1-23(18-9-3-2-4-10-18)21(29)27(22(30)25-23)16-20(28)24-13-7-14-26-15-12-17-8-5-6-11-19(17)26/h2-6,8-12,15H,7,13-14,16H2,1H3,(H,24,28)(H,25,30). The quantitative estimate of drug-likeness (QED) is 0.469. The molecule has 0 bridgehead atoms. The molecule has 0 radical (unpaired) electrons. The Hall–Kier alpha value is -3.61. The van der Waals surface area contributed by atoms with Crippen molar-refractivity contribution < 1.29 is 14.4 Å². The lowest BCUT2D eigenvalue weighted by atomic mass is 9.92. The van der Waals surface area contributed by atoms with Crippen molar-refractivity contribution in [1.29, 1.82) is 0 Å². The van der Waals surface area contributed by atoms with Crippen molar-refractivity contribution in [2.45, 2.75) is 25.4 Å². The van der Waals surface area contributed by atoms with E-state index in [1.165, 1.54) is 5.39 Å². The third kappa shape index (κ3) is 3.66. The van der Waals surface area contributed by atoms with Crippen LogP contribution in [0.15, 0.2) is 66.9 Å². The minimum Gasteiger partial charge on any atom is -0.354 e. The van der Waals surface area contributed by atoms with Gasteiger partial charge in [0.2, 0.25) is 5.91 Å². The van der Waals surface area contributed by atoms with Gasteiger partial charge < -0.3 is 15.2 Å². The summed E-state index contributed by atoms with van der Waals surface area (Å²) >= 11 is 0. The molecule has 1 aliphatic heterocycles. The van der Waals surface area contributed by atoms with E-state index in [0.717, 1.165) is 23.4 Å². The van der Waals surface area contributed by atoms with Crippen LogP contribution >= 0.6 is 0 Å². The molecule has 0 saturated carbocycles. The molecule has 0 aliphatic carbocycles. The predicted molar refractivity (Wildman–Crippen MR) is 114 cm³/mol. The summed E-state index contributed by atoms with van der Waals surface area (Å²) in [7, 11) is 0. The first-order chi connectivity index (χ1) is 14.5.